The Morgan fingerprint density at radius 1 is 0.522 bits per heavy atom. The molecule has 0 fully saturated rings. The van der Waals surface area contributed by atoms with Crippen LogP contribution in [0.4, 0.5) is 0 Å². The van der Waals surface area contributed by atoms with Gasteiger partial charge in [0.15, 0.2) is 0 Å². The Balaban J connectivity index is 2.93. The molecule has 0 radical (unpaired) electrons. The lowest BCUT2D eigenvalue weighted by atomic mass is 10.0. The van der Waals surface area contributed by atoms with Crippen molar-refractivity contribution in [3.05, 3.63) is 0 Å². The predicted molar refractivity (Wildman–Crippen MR) is 101 cm³/mol. The minimum absolute atomic E-state index is 0.758. The first-order chi connectivity index (χ1) is 11.4. The Labute approximate surface area is 145 Å². The summed E-state index contributed by atoms with van der Waals surface area (Å²) < 4.78 is 5.06. The van der Waals surface area contributed by atoms with Crippen LogP contribution in [0.2, 0.25) is 0 Å². The van der Waals surface area contributed by atoms with Crippen molar-refractivity contribution < 1.29 is 9.53 Å². The molecule has 0 aliphatic rings. The fourth-order valence-electron chi connectivity index (χ4n) is 3.13. The number of unbranched alkanes of at least 4 members (excludes halogenated alkanes) is 17. The normalized spacial score (nSPS) is 11.0. The van der Waals surface area contributed by atoms with Crippen LogP contribution in [-0.2, 0) is 9.53 Å². The molecule has 0 saturated heterocycles. The van der Waals surface area contributed by atoms with Crippen LogP contribution >= 0.6 is 0 Å². The highest BCUT2D eigenvalue weighted by atomic mass is 16.5. The molecule has 0 aliphatic heterocycles. The summed E-state index contributed by atoms with van der Waals surface area (Å²) in [5.41, 5.74) is 0. The second kappa shape index (κ2) is 21.6. The summed E-state index contributed by atoms with van der Waals surface area (Å²) >= 11 is 0. The summed E-state index contributed by atoms with van der Waals surface area (Å²) in [5.74, 6) is 0. The Hall–Kier alpha value is -0.370. The number of ether oxygens (including phenoxy) is 1. The van der Waals surface area contributed by atoms with E-state index in [9.17, 15) is 4.79 Å². The average Bonchev–Trinajstić information content (AvgIpc) is 2.57. The fraction of sp³-hybridized carbons (Fsp3) is 0.952. The first-order valence-electron chi connectivity index (χ1n) is 10.3. The second-order valence-electron chi connectivity index (χ2n) is 6.96. The van der Waals surface area contributed by atoms with Crippen molar-refractivity contribution in [2.24, 2.45) is 0 Å². The molecule has 0 bridgehead atoms. The molecule has 0 aromatic heterocycles. The molecule has 0 aromatic rings. The molecule has 0 rings (SSSR count). The monoisotopic (exact) mass is 326 g/mol. The van der Waals surface area contributed by atoms with Gasteiger partial charge < -0.3 is 9.53 Å². The first-order valence-corrected chi connectivity index (χ1v) is 10.3. The summed E-state index contributed by atoms with van der Waals surface area (Å²) in [4.78, 5) is 10.2. The third-order valence-electron chi connectivity index (χ3n) is 4.67. The van der Waals surface area contributed by atoms with Crippen LogP contribution in [0.1, 0.15) is 116 Å². The van der Waals surface area contributed by atoms with Gasteiger partial charge in [-0.3, -0.25) is 0 Å². The van der Waals surface area contributed by atoms with E-state index >= 15 is 0 Å². The number of hydrogen-bond donors (Lipinski definition) is 0. The maximum Gasteiger partial charge on any atom is 0.119 e. The van der Waals surface area contributed by atoms with E-state index in [0.29, 0.717) is 0 Å². The van der Waals surface area contributed by atoms with E-state index in [1.54, 1.807) is 7.11 Å². The van der Waals surface area contributed by atoms with Gasteiger partial charge in [0.2, 0.25) is 0 Å². The van der Waals surface area contributed by atoms with Crippen molar-refractivity contribution in [3.8, 4) is 0 Å². The third kappa shape index (κ3) is 21.6. The van der Waals surface area contributed by atoms with Gasteiger partial charge in [-0.2, -0.15) is 0 Å². The molecule has 0 aromatic carbocycles. The molecule has 0 heterocycles. The SMILES string of the molecule is COCCCCCCCCCCCCCCCCCCCC=O. The van der Waals surface area contributed by atoms with E-state index in [-0.39, 0.29) is 0 Å². The summed E-state index contributed by atoms with van der Waals surface area (Å²) in [6.07, 6.45) is 25.0. The van der Waals surface area contributed by atoms with Gasteiger partial charge in [-0.05, 0) is 12.8 Å². The number of carbonyl (C=O) groups excluding carboxylic acids is 1. The van der Waals surface area contributed by atoms with Gasteiger partial charge in [0.05, 0.1) is 0 Å². The summed E-state index contributed by atoms with van der Waals surface area (Å²) in [7, 11) is 1.79. The number of methoxy groups -OCH3 is 1. The average molecular weight is 327 g/mol. The molecule has 0 unspecified atom stereocenters. The van der Waals surface area contributed by atoms with Crippen LogP contribution in [0.25, 0.3) is 0 Å². The largest absolute Gasteiger partial charge is 0.385 e. The minimum atomic E-state index is 0.758. The highest BCUT2D eigenvalue weighted by molar-refractivity contribution is 5.48. The topological polar surface area (TPSA) is 26.3 Å². The molecule has 0 N–H and O–H groups in total. The summed E-state index contributed by atoms with van der Waals surface area (Å²) in [6.45, 7) is 0.931. The molecule has 0 spiro atoms. The quantitative estimate of drug-likeness (QED) is 0.180. The van der Waals surface area contributed by atoms with Gasteiger partial charge in [0.1, 0.15) is 6.29 Å². The molecule has 2 nitrogen and oxygen atoms in total. The zero-order valence-corrected chi connectivity index (χ0v) is 15.8. The van der Waals surface area contributed by atoms with Gasteiger partial charge in [-0.15, -0.1) is 0 Å². The molecule has 23 heavy (non-hydrogen) atoms. The van der Waals surface area contributed by atoms with Crippen molar-refractivity contribution in [1.29, 1.82) is 0 Å². The number of carbonyl (C=O) groups is 1. The predicted octanol–water partition coefficient (Wildman–Crippen LogP) is 6.85. The Morgan fingerprint density at radius 3 is 1.13 bits per heavy atom. The smallest absolute Gasteiger partial charge is 0.119 e. The van der Waals surface area contributed by atoms with E-state index in [0.717, 1.165) is 25.7 Å². The molecule has 138 valence electrons. The summed E-state index contributed by atoms with van der Waals surface area (Å²) in [5, 5.41) is 0. The van der Waals surface area contributed by atoms with Crippen molar-refractivity contribution in [2.45, 2.75) is 116 Å². The fourth-order valence-corrected chi connectivity index (χ4v) is 3.13. The number of aldehydes is 1. The molecule has 0 atom stereocenters. The zero-order chi connectivity index (χ0) is 16.8. The Bertz CT molecular complexity index is 216. The van der Waals surface area contributed by atoms with E-state index in [1.807, 2.05) is 0 Å². The van der Waals surface area contributed by atoms with Crippen LogP contribution in [0, 0.1) is 0 Å². The lowest BCUT2D eigenvalue weighted by molar-refractivity contribution is -0.107. The molecule has 0 aliphatic carbocycles. The third-order valence-corrected chi connectivity index (χ3v) is 4.67. The maximum absolute atomic E-state index is 10.2. The molecule has 0 amide bonds. The molecule has 2 heteroatoms. The Morgan fingerprint density at radius 2 is 0.826 bits per heavy atom. The van der Waals surface area contributed by atoms with Gasteiger partial charge in [-0.25, -0.2) is 0 Å². The van der Waals surface area contributed by atoms with E-state index < -0.39 is 0 Å². The van der Waals surface area contributed by atoms with E-state index in [1.165, 1.54) is 103 Å². The van der Waals surface area contributed by atoms with Gasteiger partial charge in [-0.1, -0.05) is 96.3 Å². The van der Waals surface area contributed by atoms with Gasteiger partial charge in [0, 0.05) is 20.1 Å². The molecular formula is C21H42O2. The minimum Gasteiger partial charge on any atom is -0.385 e. The van der Waals surface area contributed by atoms with Crippen LogP contribution in [-0.4, -0.2) is 20.0 Å². The molecular weight excluding hydrogens is 284 g/mol. The highest BCUT2D eigenvalue weighted by Crippen LogP contribution is 2.14. The number of rotatable bonds is 20. The Kier molecular flexibility index (Phi) is 21.3. The van der Waals surface area contributed by atoms with Crippen LogP contribution in [0.3, 0.4) is 0 Å². The second-order valence-corrected chi connectivity index (χ2v) is 6.96. The van der Waals surface area contributed by atoms with Crippen LogP contribution in [0.5, 0.6) is 0 Å². The van der Waals surface area contributed by atoms with Crippen LogP contribution < -0.4 is 0 Å². The summed E-state index contributed by atoms with van der Waals surface area (Å²) in [6, 6.07) is 0. The van der Waals surface area contributed by atoms with Crippen molar-refractivity contribution in [1.82, 2.24) is 0 Å². The van der Waals surface area contributed by atoms with E-state index in [4.69, 9.17) is 4.74 Å². The van der Waals surface area contributed by atoms with Crippen molar-refractivity contribution in [2.75, 3.05) is 13.7 Å². The van der Waals surface area contributed by atoms with Crippen LogP contribution in [0.15, 0.2) is 0 Å². The van der Waals surface area contributed by atoms with Gasteiger partial charge >= 0.3 is 0 Å². The van der Waals surface area contributed by atoms with E-state index in [2.05, 4.69) is 0 Å². The van der Waals surface area contributed by atoms with Gasteiger partial charge in [0.25, 0.3) is 0 Å². The lowest BCUT2D eigenvalue weighted by Gasteiger charge is -2.03. The zero-order valence-electron chi connectivity index (χ0n) is 15.8. The lowest BCUT2D eigenvalue weighted by Crippen LogP contribution is -1.88. The standard InChI is InChI=1S/C21H42O2/c1-23-21-19-17-15-13-11-9-7-5-3-2-4-6-8-10-12-14-16-18-20-22/h20H,2-19,21H2,1H3. The highest BCUT2D eigenvalue weighted by Gasteiger charge is 1.95. The molecule has 0 saturated carbocycles. The van der Waals surface area contributed by atoms with Crippen molar-refractivity contribution in [3.63, 3.8) is 0 Å². The van der Waals surface area contributed by atoms with Crippen molar-refractivity contribution >= 4 is 6.29 Å². The first kappa shape index (κ1) is 22.6. The number of hydrogen-bond acceptors (Lipinski definition) is 2. The maximum atomic E-state index is 10.2.